The Hall–Kier alpha value is -1.86. The van der Waals surface area contributed by atoms with Gasteiger partial charge in [0.25, 0.3) is 5.91 Å². The highest BCUT2D eigenvalue weighted by Crippen LogP contribution is 2.19. The quantitative estimate of drug-likeness (QED) is 0.827. The van der Waals surface area contributed by atoms with E-state index in [4.69, 9.17) is 20.8 Å². The number of furan rings is 1. The summed E-state index contributed by atoms with van der Waals surface area (Å²) in [4.78, 5) is 23.1. The largest absolute Gasteiger partial charge is 0.450 e. The van der Waals surface area contributed by atoms with E-state index < -0.39 is 24.3 Å². The van der Waals surface area contributed by atoms with E-state index in [0.29, 0.717) is 10.4 Å². The van der Waals surface area contributed by atoms with Gasteiger partial charge in [-0.2, -0.15) is 0 Å². The maximum Gasteiger partial charge on any atom is 0.374 e. The summed E-state index contributed by atoms with van der Waals surface area (Å²) >= 11 is 8.62. The van der Waals surface area contributed by atoms with Crippen LogP contribution in [0.2, 0.25) is 5.02 Å². The van der Waals surface area contributed by atoms with Crippen molar-refractivity contribution in [2.45, 2.75) is 0 Å². The minimum absolute atomic E-state index is 0.0282. The van der Waals surface area contributed by atoms with Crippen molar-refractivity contribution in [2.75, 3.05) is 11.9 Å². The van der Waals surface area contributed by atoms with Crippen LogP contribution in [-0.2, 0) is 9.53 Å². The maximum absolute atomic E-state index is 13.0. The van der Waals surface area contributed by atoms with Crippen LogP contribution in [-0.4, -0.2) is 18.5 Å². The molecule has 110 valence electrons. The number of esters is 1. The van der Waals surface area contributed by atoms with Crippen molar-refractivity contribution in [1.29, 1.82) is 0 Å². The summed E-state index contributed by atoms with van der Waals surface area (Å²) in [6.07, 6.45) is 0. The lowest BCUT2D eigenvalue weighted by atomic mass is 10.3. The predicted octanol–water partition coefficient (Wildman–Crippen LogP) is 3.63. The molecule has 0 saturated heterocycles. The lowest BCUT2D eigenvalue weighted by molar-refractivity contribution is -0.119. The fourth-order valence-corrected chi connectivity index (χ4v) is 1.88. The molecule has 2 aromatic rings. The molecule has 0 radical (unpaired) electrons. The summed E-state index contributed by atoms with van der Waals surface area (Å²) in [5.74, 6) is -1.98. The molecule has 1 heterocycles. The minimum atomic E-state index is -0.770. The van der Waals surface area contributed by atoms with Gasteiger partial charge < -0.3 is 14.5 Å². The van der Waals surface area contributed by atoms with Gasteiger partial charge in [0.1, 0.15) is 5.82 Å². The number of benzene rings is 1. The first-order valence-electron chi connectivity index (χ1n) is 5.63. The molecule has 8 heteroatoms. The molecule has 0 unspecified atom stereocenters. The molecule has 2 rings (SSSR count). The normalized spacial score (nSPS) is 10.2. The molecule has 0 saturated carbocycles. The summed E-state index contributed by atoms with van der Waals surface area (Å²) in [6.45, 7) is -0.508. The van der Waals surface area contributed by atoms with Crippen LogP contribution < -0.4 is 5.32 Å². The molecule has 1 aromatic carbocycles. The summed E-state index contributed by atoms with van der Waals surface area (Å²) in [5, 5.41) is 2.29. The Morgan fingerprint density at radius 3 is 2.71 bits per heavy atom. The molecule has 0 aliphatic rings. The Kier molecular flexibility index (Phi) is 4.98. The van der Waals surface area contributed by atoms with Gasteiger partial charge in [-0.3, -0.25) is 4.79 Å². The number of amides is 1. The van der Waals surface area contributed by atoms with Crippen LogP contribution in [0.25, 0.3) is 0 Å². The van der Waals surface area contributed by atoms with Crippen LogP contribution in [0.3, 0.4) is 0 Å². The Labute approximate surface area is 132 Å². The van der Waals surface area contributed by atoms with E-state index in [0.717, 1.165) is 6.07 Å². The van der Waals surface area contributed by atoms with Crippen LogP contribution in [0.1, 0.15) is 10.6 Å². The van der Waals surface area contributed by atoms with E-state index in [2.05, 4.69) is 21.2 Å². The van der Waals surface area contributed by atoms with E-state index in [1.807, 2.05) is 0 Å². The topological polar surface area (TPSA) is 68.5 Å². The van der Waals surface area contributed by atoms with Crippen molar-refractivity contribution in [3.63, 3.8) is 0 Å². The monoisotopic (exact) mass is 375 g/mol. The molecule has 0 fully saturated rings. The van der Waals surface area contributed by atoms with Gasteiger partial charge in [-0.25, -0.2) is 9.18 Å². The van der Waals surface area contributed by atoms with Crippen molar-refractivity contribution in [3.8, 4) is 0 Å². The third kappa shape index (κ3) is 4.30. The van der Waals surface area contributed by atoms with Crippen molar-refractivity contribution >= 4 is 45.1 Å². The van der Waals surface area contributed by atoms with Crippen LogP contribution in [0.5, 0.6) is 0 Å². The highest BCUT2D eigenvalue weighted by molar-refractivity contribution is 9.10. The van der Waals surface area contributed by atoms with E-state index in [-0.39, 0.29) is 10.8 Å². The lowest BCUT2D eigenvalue weighted by Crippen LogP contribution is -2.20. The summed E-state index contributed by atoms with van der Waals surface area (Å²) in [7, 11) is 0. The van der Waals surface area contributed by atoms with Crippen molar-refractivity contribution in [1.82, 2.24) is 0 Å². The molecule has 1 aromatic heterocycles. The number of anilines is 1. The Morgan fingerprint density at radius 2 is 2.10 bits per heavy atom. The number of carbonyl (C=O) groups excluding carboxylic acids is 2. The molecular weight excluding hydrogens is 369 g/mol. The molecule has 1 N–H and O–H groups in total. The average molecular weight is 377 g/mol. The van der Waals surface area contributed by atoms with Crippen molar-refractivity contribution in [3.05, 3.63) is 51.6 Å². The van der Waals surface area contributed by atoms with Gasteiger partial charge in [0.2, 0.25) is 5.76 Å². The molecule has 1 amide bonds. The van der Waals surface area contributed by atoms with Crippen molar-refractivity contribution in [2.24, 2.45) is 0 Å². The maximum atomic E-state index is 13.0. The van der Waals surface area contributed by atoms with Gasteiger partial charge in [-0.05, 0) is 46.3 Å². The number of hydrogen-bond acceptors (Lipinski definition) is 4. The van der Waals surface area contributed by atoms with Gasteiger partial charge in [-0.15, -0.1) is 0 Å². The zero-order valence-corrected chi connectivity index (χ0v) is 12.7. The van der Waals surface area contributed by atoms with E-state index in [9.17, 15) is 14.0 Å². The molecule has 0 spiro atoms. The Morgan fingerprint density at radius 1 is 1.33 bits per heavy atom. The fourth-order valence-electron chi connectivity index (χ4n) is 1.40. The SMILES string of the molecule is O=C(COC(=O)c1ccc(Br)o1)Nc1ccc(F)c(Cl)c1. The van der Waals surface area contributed by atoms with Crippen LogP contribution in [0.4, 0.5) is 10.1 Å². The second-order valence-electron chi connectivity index (χ2n) is 3.86. The molecule has 0 aliphatic heterocycles. The van der Waals surface area contributed by atoms with Gasteiger partial charge >= 0.3 is 5.97 Å². The summed E-state index contributed by atoms with van der Waals surface area (Å²) in [6, 6.07) is 6.64. The number of halogens is 3. The van der Waals surface area contributed by atoms with E-state index in [1.54, 1.807) is 0 Å². The molecule has 21 heavy (non-hydrogen) atoms. The van der Waals surface area contributed by atoms with E-state index >= 15 is 0 Å². The number of nitrogens with one attached hydrogen (secondary N) is 1. The fraction of sp³-hybridized carbons (Fsp3) is 0.0769. The average Bonchev–Trinajstić information content (AvgIpc) is 2.87. The second-order valence-corrected chi connectivity index (χ2v) is 5.05. The number of ether oxygens (including phenoxy) is 1. The highest BCUT2D eigenvalue weighted by atomic mass is 79.9. The van der Waals surface area contributed by atoms with E-state index in [1.165, 1.54) is 24.3 Å². The zero-order valence-electron chi connectivity index (χ0n) is 10.4. The molecule has 0 bridgehead atoms. The molecular formula is C13H8BrClFNO4. The molecule has 0 atom stereocenters. The molecule has 5 nitrogen and oxygen atoms in total. The number of carbonyl (C=O) groups is 2. The summed E-state index contributed by atoms with van der Waals surface area (Å²) < 4.78 is 23.1. The smallest absolute Gasteiger partial charge is 0.374 e. The Balaban J connectivity index is 1.87. The first-order chi connectivity index (χ1) is 9.95. The number of rotatable bonds is 4. The third-order valence-electron chi connectivity index (χ3n) is 2.31. The van der Waals surface area contributed by atoms with Gasteiger partial charge in [0.15, 0.2) is 11.3 Å². The third-order valence-corrected chi connectivity index (χ3v) is 3.03. The first kappa shape index (κ1) is 15.5. The standard InChI is InChI=1S/C13H8BrClFNO4/c14-11-4-3-10(21-11)13(19)20-6-12(18)17-7-1-2-9(16)8(15)5-7/h1-5H,6H2,(H,17,18). The Bertz CT molecular complexity index is 689. The lowest BCUT2D eigenvalue weighted by Gasteiger charge is -2.06. The molecule has 0 aliphatic carbocycles. The summed E-state index contributed by atoms with van der Waals surface area (Å²) in [5.41, 5.74) is 0.295. The highest BCUT2D eigenvalue weighted by Gasteiger charge is 2.14. The van der Waals surface area contributed by atoms with Crippen LogP contribution in [0.15, 0.2) is 39.4 Å². The van der Waals surface area contributed by atoms with Gasteiger partial charge in [-0.1, -0.05) is 11.6 Å². The zero-order chi connectivity index (χ0) is 15.4. The predicted molar refractivity (Wildman–Crippen MR) is 76.7 cm³/mol. The number of hydrogen-bond donors (Lipinski definition) is 1. The van der Waals surface area contributed by atoms with Crippen LogP contribution in [0, 0.1) is 5.82 Å². The van der Waals surface area contributed by atoms with Gasteiger partial charge in [0.05, 0.1) is 5.02 Å². The van der Waals surface area contributed by atoms with Crippen molar-refractivity contribution < 1.29 is 23.1 Å². The van der Waals surface area contributed by atoms with Gasteiger partial charge in [0, 0.05) is 5.69 Å². The van der Waals surface area contributed by atoms with Crippen LogP contribution >= 0.6 is 27.5 Å². The first-order valence-corrected chi connectivity index (χ1v) is 6.80. The minimum Gasteiger partial charge on any atom is -0.450 e. The second kappa shape index (κ2) is 6.73.